The fraction of sp³-hybridized carbons (Fsp3) is 0.286. The van der Waals surface area contributed by atoms with Gasteiger partial charge in [-0.05, 0) is 38.1 Å². The lowest BCUT2D eigenvalue weighted by molar-refractivity contribution is 0.253. The molecule has 0 saturated heterocycles. The summed E-state index contributed by atoms with van der Waals surface area (Å²) in [5, 5.41) is 18.0. The molecule has 0 amide bonds. The van der Waals surface area contributed by atoms with Gasteiger partial charge in [-0.1, -0.05) is 23.7 Å². The highest BCUT2D eigenvalue weighted by molar-refractivity contribution is 5.42. The van der Waals surface area contributed by atoms with Gasteiger partial charge >= 0.3 is 0 Å². The van der Waals surface area contributed by atoms with Gasteiger partial charge in [0.05, 0.1) is 0 Å². The maximum Gasteiger partial charge on any atom is 0.112 e. The van der Waals surface area contributed by atoms with Gasteiger partial charge in [0.1, 0.15) is 12.2 Å². The Balaban J connectivity index is 2.78. The van der Waals surface area contributed by atoms with E-state index in [1.54, 1.807) is 13.8 Å². The Hall–Kier alpha value is -1.74. The quantitative estimate of drug-likeness (QED) is 0.636. The van der Waals surface area contributed by atoms with Gasteiger partial charge in [-0.25, -0.2) is 0 Å². The molecule has 0 aromatic heterocycles. The average molecular weight is 214 g/mol. The van der Waals surface area contributed by atoms with Crippen LogP contribution in [0.1, 0.15) is 25.0 Å². The molecule has 1 rings (SSSR count). The standard InChI is InChI=1S/C14H14O2/c1-11(15)3-5-13-7-9-14(10-8-13)6-4-12(2)16/h7-12,15-16H,1-2H3/t11-,12-/m0/s1. The third kappa shape index (κ3) is 4.66. The number of aliphatic hydroxyl groups is 2. The Morgan fingerprint density at radius 1 is 0.812 bits per heavy atom. The first-order valence-corrected chi connectivity index (χ1v) is 5.07. The van der Waals surface area contributed by atoms with Crippen LogP contribution in [0.3, 0.4) is 0 Å². The first-order valence-electron chi connectivity index (χ1n) is 5.07. The smallest absolute Gasteiger partial charge is 0.112 e. The summed E-state index contributed by atoms with van der Waals surface area (Å²) in [6.45, 7) is 3.24. The van der Waals surface area contributed by atoms with E-state index in [-0.39, 0.29) is 0 Å². The zero-order valence-corrected chi connectivity index (χ0v) is 9.36. The molecule has 0 aliphatic heterocycles. The van der Waals surface area contributed by atoms with Crippen LogP contribution in [0.2, 0.25) is 0 Å². The number of rotatable bonds is 0. The molecule has 0 unspecified atom stereocenters. The monoisotopic (exact) mass is 214 g/mol. The molecule has 1 aromatic rings. The summed E-state index contributed by atoms with van der Waals surface area (Å²) in [6.07, 6.45) is -1.23. The van der Waals surface area contributed by atoms with E-state index in [9.17, 15) is 0 Å². The molecular weight excluding hydrogens is 200 g/mol. The topological polar surface area (TPSA) is 40.5 Å². The van der Waals surface area contributed by atoms with E-state index in [1.807, 2.05) is 24.3 Å². The minimum Gasteiger partial charge on any atom is -0.381 e. The SMILES string of the molecule is C[C@H](O)C#Cc1ccc(C#C[C@H](C)O)cc1. The lowest BCUT2D eigenvalue weighted by atomic mass is 10.1. The Kier molecular flexibility index (Phi) is 4.61. The second-order valence-electron chi connectivity index (χ2n) is 3.47. The third-order valence-corrected chi connectivity index (χ3v) is 1.74. The highest BCUT2D eigenvalue weighted by Gasteiger charge is 1.90. The number of hydrogen-bond donors (Lipinski definition) is 2. The van der Waals surface area contributed by atoms with Crippen LogP contribution >= 0.6 is 0 Å². The van der Waals surface area contributed by atoms with Gasteiger partial charge in [-0.3, -0.25) is 0 Å². The van der Waals surface area contributed by atoms with Gasteiger partial charge in [-0.2, -0.15) is 0 Å². The van der Waals surface area contributed by atoms with E-state index in [4.69, 9.17) is 10.2 Å². The maximum atomic E-state index is 8.99. The van der Waals surface area contributed by atoms with Gasteiger partial charge in [0, 0.05) is 11.1 Å². The Morgan fingerprint density at radius 3 is 1.38 bits per heavy atom. The number of hydrogen-bond acceptors (Lipinski definition) is 2. The molecule has 2 heteroatoms. The summed E-state index contributed by atoms with van der Waals surface area (Å²) < 4.78 is 0. The largest absolute Gasteiger partial charge is 0.381 e. The molecule has 82 valence electrons. The van der Waals surface area contributed by atoms with Crippen LogP contribution in [0.5, 0.6) is 0 Å². The predicted octanol–water partition coefficient (Wildman–Crippen LogP) is 1.15. The van der Waals surface area contributed by atoms with E-state index in [2.05, 4.69) is 23.7 Å². The first kappa shape index (κ1) is 12.3. The predicted molar refractivity (Wildman–Crippen MR) is 63.6 cm³/mol. The van der Waals surface area contributed by atoms with E-state index in [0.717, 1.165) is 11.1 Å². The molecule has 1 aromatic carbocycles. The molecule has 0 radical (unpaired) electrons. The molecule has 16 heavy (non-hydrogen) atoms. The lowest BCUT2D eigenvalue weighted by Gasteiger charge is -1.93. The third-order valence-electron chi connectivity index (χ3n) is 1.74. The summed E-state index contributed by atoms with van der Waals surface area (Å²) in [6, 6.07) is 7.34. The van der Waals surface area contributed by atoms with Gasteiger partial charge in [0.2, 0.25) is 0 Å². The number of benzene rings is 1. The van der Waals surface area contributed by atoms with E-state index in [1.165, 1.54) is 0 Å². The van der Waals surface area contributed by atoms with Crippen molar-refractivity contribution in [3.63, 3.8) is 0 Å². The van der Waals surface area contributed by atoms with Crippen LogP contribution in [-0.2, 0) is 0 Å². The Labute approximate surface area is 95.9 Å². The van der Waals surface area contributed by atoms with Gasteiger partial charge in [0.15, 0.2) is 0 Å². The van der Waals surface area contributed by atoms with Crippen molar-refractivity contribution < 1.29 is 10.2 Å². The van der Waals surface area contributed by atoms with Crippen molar-refractivity contribution in [1.29, 1.82) is 0 Å². The van der Waals surface area contributed by atoms with Gasteiger partial charge < -0.3 is 10.2 Å². The highest BCUT2D eigenvalue weighted by Crippen LogP contribution is 2.01. The van der Waals surface area contributed by atoms with Crippen LogP contribution in [0.4, 0.5) is 0 Å². The average Bonchev–Trinajstić information content (AvgIpc) is 2.25. The van der Waals surface area contributed by atoms with Crippen molar-refractivity contribution in [3.05, 3.63) is 35.4 Å². The summed E-state index contributed by atoms with van der Waals surface area (Å²) in [5.41, 5.74) is 1.67. The summed E-state index contributed by atoms with van der Waals surface area (Å²) in [5.74, 6) is 11.0. The van der Waals surface area contributed by atoms with E-state index >= 15 is 0 Å². The van der Waals surface area contributed by atoms with Crippen LogP contribution in [-0.4, -0.2) is 22.4 Å². The van der Waals surface area contributed by atoms with Crippen molar-refractivity contribution in [2.45, 2.75) is 26.1 Å². The minimum absolute atomic E-state index is 0.616. The summed E-state index contributed by atoms with van der Waals surface area (Å²) >= 11 is 0. The fourth-order valence-electron chi connectivity index (χ4n) is 1.01. The molecule has 2 atom stereocenters. The molecule has 2 N–H and O–H groups in total. The molecule has 0 saturated carbocycles. The second-order valence-corrected chi connectivity index (χ2v) is 3.47. The van der Waals surface area contributed by atoms with Crippen molar-refractivity contribution in [2.75, 3.05) is 0 Å². The normalized spacial score (nSPS) is 12.8. The minimum atomic E-state index is -0.616. The zero-order valence-electron chi connectivity index (χ0n) is 9.36. The van der Waals surface area contributed by atoms with E-state index in [0.29, 0.717) is 0 Å². The maximum absolute atomic E-state index is 8.99. The van der Waals surface area contributed by atoms with Crippen LogP contribution < -0.4 is 0 Å². The zero-order chi connectivity index (χ0) is 12.0. The Morgan fingerprint density at radius 2 is 1.12 bits per heavy atom. The first-order chi connectivity index (χ1) is 7.58. The molecule has 0 bridgehead atoms. The summed E-state index contributed by atoms with van der Waals surface area (Å²) in [7, 11) is 0. The molecule has 2 nitrogen and oxygen atoms in total. The molecule has 0 aliphatic carbocycles. The van der Waals surface area contributed by atoms with Crippen LogP contribution in [0.15, 0.2) is 24.3 Å². The van der Waals surface area contributed by atoms with E-state index < -0.39 is 12.2 Å². The highest BCUT2D eigenvalue weighted by atomic mass is 16.3. The second kappa shape index (κ2) is 5.98. The molecule has 0 aliphatic rings. The van der Waals surface area contributed by atoms with Gasteiger partial charge in [-0.15, -0.1) is 0 Å². The molecule has 0 fully saturated rings. The van der Waals surface area contributed by atoms with Crippen molar-refractivity contribution >= 4 is 0 Å². The molecular formula is C14H14O2. The number of aliphatic hydroxyl groups excluding tert-OH is 2. The van der Waals surface area contributed by atoms with Crippen molar-refractivity contribution in [1.82, 2.24) is 0 Å². The lowest BCUT2D eigenvalue weighted by Crippen LogP contribution is -1.93. The van der Waals surface area contributed by atoms with Crippen LogP contribution in [0, 0.1) is 23.7 Å². The molecule has 0 spiro atoms. The molecule has 0 heterocycles. The summed E-state index contributed by atoms with van der Waals surface area (Å²) in [4.78, 5) is 0. The van der Waals surface area contributed by atoms with Crippen molar-refractivity contribution in [3.8, 4) is 23.7 Å². The van der Waals surface area contributed by atoms with Gasteiger partial charge in [0.25, 0.3) is 0 Å². The fourth-order valence-corrected chi connectivity index (χ4v) is 1.01. The van der Waals surface area contributed by atoms with Crippen LogP contribution in [0.25, 0.3) is 0 Å². The Bertz CT molecular complexity index is 402. The van der Waals surface area contributed by atoms with Crippen molar-refractivity contribution in [2.24, 2.45) is 0 Å².